The highest BCUT2D eigenvalue weighted by Gasteiger charge is 2.09. The summed E-state index contributed by atoms with van der Waals surface area (Å²) in [6, 6.07) is 8.02. The van der Waals surface area contributed by atoms with Crippen LogP contribution < -0.4 is 5.11 Å². The van der Waals surface area contributed by atoms with Crippen LogP contribution in [0.15, 0.2) is 24.3 Å². The summed E-state index contributed by atoms with van der Waals surface area (Å²) >= 11 is 2.24. The first kappa shape index (κ1) is 15.3. The molecule has 1 unspecified atom stereocenters. The van der Waals surface area contributed by atoms with Crippen molar-refractivity contribution in [1.82, 2.24) is 0 Å². The molecule has 0 aliphatic heterocycles. The Hall–Kier alpha value is -0.780. The topological polar surface area (TPSA) is 49.4 Å². The SMILES string of the molecule is CC(C)CCC(Cc1ccc(I)cc1)OC(=O)[O-]. The normalized spacial score (nSPS) is 12.4. The van der Waals surface area contributed by atoms with Crippen LogP contribution in [0.1, 0.15) is 32.3 Å². The van der Waals surface area contributed by atoms with Crippen molar-refractivity contribution in [2.24, 2.45) is 5.92 Å². The molecule has 0 saturated heterocycles. The van der Waals surface area contributed by atoms with Crippen LogP contribution in [-0.2, 0) is 11.2 Å². The summed E-state index contributed by atoms with van der Waals surface area (Å²) < 4.78 is 6.00. The van der Waals surface area contributed by atoms with Gasteiger partial charge in [-0.25, -0.2) is 0 Å². The fourth-order valence-electron chi connectivity index (χ4n) is 1.74. The van der Waals surface area contributed by atoms with Crippen LogP contribution in [0.5, 0.6) is 0 Å². The third-order valence-corrected chi connectivity index (χ3v) is 3.42. The maximum absolute atomic E-state index is 10.6. The van der Waals surface area contributed by atoms with Gasteiger partial charge in [0.2, 0.25) is 0 Å². The van der Waals surface area contributed by atoms with Crippen LogP contribution in [0.2, 0.25) is 0 Å². The minimum atomic E-state index is -1.44. The Labute approximate surface area is 122 Å². The standard InChI is InChI=1S/C14H19IO3/c1-10(2)3-8-13(18-14(16)17)9-11-4-6-12(15)7-5-11/h4-7,10,13H,3,8-9H2,1-2H3,(H,16,17)/p-1. The van der Waals surface area contributed by atoms with Gasteiger partial charge < -0.3 is 14.6 Å². The van der Waals surface area contributed by atoms with Crippen molar-refractivity contribution in [3.63, 3.8) is 0 Å². The van der Waals surface area contributed by atoms with Gasteiger partial charge in [-0.05, 0) is 65.5 Å². The first-order valence-corrected chi connectivity index (χ1v) is 7.17. The summed E-state index contributed by atoms with van der Waals surface area (Å²) in [5.41, 5.74) is 1.09. The van der Waals surface area contributed by atoms with Gasteiger partial charge in [-0.15, -0.1) is 0 Å². The van der Waals surface area contributed by atoms with E-state index >= 15 is 0 Å². The number of benzene rings is 1. The van der Waals surface area contributed by atoms with Gasteiger partial charge in [-0.1, -0.05) is 26.0 Å². The van der Waals surface area contributed by atoms with Gasteiger partial charge in [-0.3, -0.25) is 0 Å². The molecule has 1 rings (SSSR count). The second-order valence-corrected chi connectivity index (χ2v) is 6.04. The minimum Gasteiger partial charge on any atom is -0.546 e. The molecule has 0 fully saturated rings. The Morgan fingerprint density at radius 3 is 2.39 bits per heavy atom. The average molecular weight is 361 g/mol. The molecule has 0 spiro atoms. The van der Waals surface area contributed by atoms with Crippen molar-refractivity contribution in [3.8, 4) is 0 Å². The fraction of sp³-hybridized carbons (Fsp3) is 0.500. The van der Waals surface area contributed by atoms with Crippen LogP contribution in [0, 0.1) is 9.49 Å². The number of hydrogen-bond donors (Lipinski definition) is 0. The predicted molar refractivity (Wildman–Crippen MR) is 77.2 cm³/mol. The quantitative estimate of drug-likeness (QED) is 0.578. The first-order chi connectivity index (χ1) is 8.47. The molecule has 3 nitrogen and oxygen atoms in total. The Morgan fingerprint density at radius 2 is 1.89 bits per heavy atom. The molecule has 0 aliphatic rings. The molecule has 18 heavy (non-hydrogen) atoms. The summed E-state index contributed by atoms with van der Waals surface area (Å²) in [7, 11) is 0. The van der Waals surface area contributed by atoms with E-state index in [0.717, 1.165) is 22.0 Å². The minimum absolute atomic E-state index is 0.308. The maximum Gasteiger partial charge on any atom is 0.252 e. The summed E-state index contributed by atoms with van der Waals surface area (Å²) in [6.45, 7) is 4.22. The smallest absolute Gasteiger partial charge is 0.252 e. The third kappa shape index (κ3) is 6.23. The second kappa shape index (κ2) is 7.61. The number of ether oxygens (including phenoxy) is 1. The molecule has 0 bridgehead atoms. The third-order valence-electron chi connectivity index (χ3n) is 2.71. The number of rotatable bonds is 6. The molecule has 1 aromatic carbocycles. The van der Waals surface area contributed by atoms with Crippen molar-refractivity contribution < 1.29 is 14.6 Å². The van der Waals surface area contributed by atoms with Gasteiger partial charge in [0, 0.05) is 9.67 Å². The number of hydrogen-bond acceptors (Lipinski definition) is 3. The van der Waals surface area contributed by atoms with Gasteiger partial charge >= 0.3 is 0 Å². The monoisotopic (exact) mass is 361 g/mol. The van der Waals surface area contributed by atoms with E-state index in [9.17, 15) is 9.90 Å². The van der Waals surface area contributed by atoms with Crippen molar-refractivity contribution >= 4 is 28.7 Å². The molecule has 1 aromatic rings. The van der Waals surface area contributed by atoms with Gasteiger partial charge in [0.25, 0.3) is 6.16 Å². The Morgan fingerprint density at radius 1 is 1.28 bits per heavy atom. The van der Waals surface area contributed by atoms with Gasteiger partial charge in [0.1, 0.15) is 0 Å². The van der Waals surface area contributed by atoms with E-state index in [0.29, 0.717) is 12.3 Å². The van der Waals surface area contributed by atoms with Crippen LogP contribution in [-0.4, -0.2) is 12.3 Å². The maximum atomic E-state index is 10.6. The molecule has 0 aromatic heterocycles. The molecule has 0 saturated carbocycles. The largest absolute Gasteiger partial charge is 0.546 e. The lowest BCUT2D eigenvalue weighted by Crippen LogP contribution is -2.30. The summed E-state index contributed by atoms with van der Waals surface area (Å²) in [5, 5.41) is 10.6. The van der Waals surface area contributed by atoms with Gasteiger partial charge in [0.05, 0.1) is 0 Å². The molecule has 0 aliphatic carbocycles. The molecular formula is C14H18IO3-. The highest BCUT2D eigenvalue weighted by molar-refractivity contribution is 14.1. The van der Waals surface area contributed by atoms with Crippen molar-refractivity contribution in [1.29, 1.82) is 0 Å². The number of carbonyl (C=O) groups is 1. The lowest BCUT2D eigenvalue weighted by atomic mass is 10.00. The number of halogens is 1. The number of carboxylic acid groups (broad SMARTS) is 1. The van der Waals surface area contributed by atoms with E-state index in [4.69, 9.17) is 4.74 Å². The first-order valence-electron chi connectivity index (χ1n) is 6.09. The van der Waals surface area contributed by atoms with Gasteiger partial charge in [-0.2, -0.15) is 0 Å². The van der Waals surface area contributed by atoms with E-state index < -0.39 is 6.16 Å². The predicted octanol–water partition coefficient (Wildman–Crippen LogP) is 3.00. The van der Waals surface area contributed by atoms with E-state index in [-0.39, 0.29) is 6.10 Å². The molecule has 0 amide bonds. The molecule has 0 radical (unpaired) electrons. The van der Waals surface area contributed by atoms with E-state index in [1.807, 2.05) is 24.3 Å². The lowest BCUT2D eigenvalue weighted by molar-refractivity contribution is -0.287. The average Bonchev–Trinajstić information content (AvgIpc) is 2.28. The van der Waals surface area contributed by atoms with Crippen LogP contribution in [0.3, 0.4) is 0 Å². The Bertz CT molecular complexity index is 373. The summed E-state index contributed by atoms with van der Waals surface area (Å²) in [6.07, 6.45) is 0.545. The van der Waals surface area contributed by atoms with Crippen LogP contribution >= 0.6 is 22.6 Å². The zero-order chi connectivity index (χ0) is 13.5. The zero-order valence-corrected chi connectivity index (χ0v) is 12.8. The Balaban J connectivity index is 2.59. The summed E-state index contributed by atoms with van der Waals surface area (Å²) in [5.74, 6) is 0.537. The molecule has 0 heterocycles. The molecule has 100 valence electrons. The Kier molecular flexibility index (Phi) is 6.46. The van der Waals surface area contributed by atoms with Crippen molar-refractivity contribution in [2.75, 3.05) is 0 Å². The van der Waals surface area contributed by atoms with E-state index in [1.54, 1.807) is 0 Å². The van der Waals surface area contributed by atoms with Crippen LogP contribution in [0.25, 0.3) is 0 Å². The van der Waals surface area contributed by atoms with E-state index in [2.05, 4.69) is 36.4 Å². The second-order valence-electron chi connectivity index (χ2n) is 4.79. The van der Waals surface area contributed by atoms with Crippen LogP contribution in [0.4, 0.5) is 4.79 Å². The zero-order valence-electron chi connectivity index (χ0n) is 10.7. The fourth-order valence-corrected chi connectivity index (χ4v) is 2.10. The number of carbonyl (C=O) groups excluding carboxylic acids is 1. The van der Waals surface area contributed by atoms with Crippen molar-refractivity contribution in [3.05, 3.63) is 33.4 Å². The highest BCUT2D eigenvalue weighted by atomic mass is 127. The van der Waals surface area contributed by atoms with Crippen molar-refractivity contribution in [2.45, 2.75) is 39.2 Å². The van der Waals surface area contributed by atoms with Gasteiger partial charge in [0.15, 0.2) is 0 Å². The molecular weight excluding hydrogens is 343 g/mol. The molecule has 4 heteroatoms. The van der Waals surface area contributed by atoms with E-state index in [1.165, 1.54) is 0 Å². The molecule has 0 N–H and O–H groups in total. The summed E-state index contributed by atoms with van der Waals surface area (Å²) in [4.78, 5) is 10.6. The lowest BCUT2D eigenvalue weighted by Gasteiger charge is -2.23. The molecule has 1 atom stereocenters. The highest BCUT2D eigenvalue weighted by Crippen LogP contribution is 2.15.